The quantitative estimate of drug-likeness (QED) is 0.613. The van der Waals surface area contributed by atoms with Gasteiger partial charge in [-0.25, -0.2) is 0 Å². The number of thiophene rings is 1. The summed E-state index contributed by atoms with van der Waals surface area (Å²) in [5.74, 6) is 1.24. The summed E-state index contributed by atoms with van der Waals surface area (Å²) >= 11 is 5.03. The maximum atomic E-state index is 12.5. The molecule has 4 rings (SSSR count). The van der Waals surface area contributed by atoms with Gasteiger partial charge in [0.15, 0.2) is 5.76 Å². The molecule has 4 heterocycles. The highest BCUT2D eigenvalue weighted by Gasteiger charge is 2.29. The molecule has 0 radical (unpaired) electrons. The minimum Gasteiger partial charge on any atom is -0.459 e. The van der Waals surface area contributed by atoms with Crippen LogP contribution in [0.3, 0.4) is 0 Å². The van der Waals surface area contributed by atoms with Crippen LogP contribution in [-0.2, 0) is 11.3 Å². The average Bonchev–Trinajstić information content (AvgIpc) is 3.46. The van der Waals surface area contributed by atoms with Crippen LogP contribution in [0.25, 0.3) is 11.7 Å². The Hall–Kier alpha value is -2.57. The molecule has 9 heteroatoms. The summed E-state index contributed by atoms with van der Waals surface area (Å²) in [4.78, 5) is 19.8. The molecule has 0 bridgehead atoms. The zero-order chi connectivity index (χ0) is 19.5. The van der Waals surface area contributed by atoms with E-state index in [0.29, 0.717) is 50.0 Å². The number of nitrogens with one attached hydrogen (secondary N) is 1. The van der Waals surface area contributed by atoms with Crippen LogP contribution >= 0.6 is 27.3 Å². The second-order valence-corrected chi connectivity index (χ2v) is 8.38. The first-order valence-corrected chi connectivity index (χ1v) is 10.5. The van der Waals surface area contributed by atoms with E-state index in [1.807, 2.05) is 16.3 Å². The molecule has 0 saturated carbocycles. The summed E-state index contributed by atoms with van der Waals surface area (Å²) in [6.07, 6.45) is 2.92. The van der Waals surface area contributed by atoms with Gasteiger partial charge in [-0.3, -0.25) is 4.79 Å². The smallest absolute Gasteiger partial charge is 0.266 e. The average molecular weight is 461 g/mol. The van der Waals surface area contributed by atoms with Crippen molar-refractivity contribution >= 4 is 39.1 Å². The highest BCUT2D eigenvalue weighted by Crippen LogP contribution is 2.31. The van der Waals surface area contributed by atoms with Gasteiger partial charge in [-0.05, 0) is 47.0 Å². The second kappa shape index (κ2) is 8.20. The summed E-state index contributed by atoms with van der Waals surface area (Å²) in [5.41, 5.74) is 0.234. The van der Waals surface area contributed by atoms with Crippen LogP contribution in [0.15, 0.2) is 43.1 Å². The molecule has 28 heavy (non-hydrogen) atoms. The van der Waals surface area contributed by atoms with Gasteiger partial charge in [-0.2, -0.15) is 10.2 Å². The molecule has 0 spiro atoms. The Morgan fingerprint density at radius 3 is 2.93 bits per heavy atom. The van der Waals surface area contributed by atoms with Gasteiger partial charge in [0.05, 0.1) is 12.8 Å². The Bertz CT molecular complexity index is 997. The molecule has 3 aromatic rings. The molecule has 1 saturated heterocycles. The standard InChI is InChI=1S/C19H17BrN4O3S/c20-13-8-14(28-11-13)10-22-17(25)12-3-5-24(6-4-12)19-15(9-21)23-18(27-19)16-2-1-7-26-16/h1-2,7-8,11-12H,3-6,10H2,(H,22,25). The van der Waals surface area contributed by atoms with Crippen LogP contribution in [0.5, 0.6) is 0 Å². The Morgan fingerprint density at radius 2 is 2.29 bits per heavy atom. The molecule has 1 aliphatic heterocycles. The SMILES string of the molecule is N#Cc1nc(-c2ccco2)oc1N1CCC(C(=O)NCc2cc(Br)cs2)CC1. The highest BCUT2D eigenvalue weighted by molar-refractivity contribution is 9.10. The van der Waals surface area contributed by atoms with E-state index >= 15 is 0 Å². The highest BCUT2D eigenvalue weighted by atomic mass is 79.9. The summed E-state index contributed by atoms with van der Waals surface area (Å²) in [6, 6.07) is 7.57. The Labute approximate surface area is 174 Å². The largest absolute Gasteiger partial charge is 0.459 e. The minimum atomic E-state index is -0.0438. The zero-order valence-corrected chi connectivity index (χ0v) is 17.3. The lowest BCUT2D eigenvalue weighted by molar-refractivity contribution is -0.125. The Balaban J connectivity index is 1.36. The molecule has 0 unspecified atom stereocenters. The fourth-order valence-corrected chi connectivity index (χ4v) is 4.61. The molecule has 1 aliphatic rings. The number of piperidine rings is 1. The fourth-order valence-electron chi connectivity index (χ4n) is 3.21. The van der Waals surface area contributed by atoms with Crippen molar-refractivity contribution in [2.45, 2.75) is 19.4 Å². The second-order valence-electron chi connectivity index (χ2n) is 6.47. The molecule has 1 amide bonds. The van der Waals surface area contributed by atoms with E-state index in [2.05, 4.69) is 32.3 Å². The lowest BCUT2D eigenvalue weighted by Gasteiger charge is -2.30. The number of hydrogen-bond donors (Lipinski definition) is 1. The van der Waals surface area contributed by atoms with E-state index in [1.54, 1.807) is 23.5 Å². The van der Waals surface area contributed by atoms with Gasteiger partial charge in [-0.1, -0.05) is 0 Å². The lowest BCUT2D eigenvalue weighted by atomic mass is 9.96. The summed E-state index contributed by atoms with van der Waals surface area (Å²) < 4.78 is 12.1. The number of nitriles is 1. The fraction of sp³-hybridized carbons (Fsp3) is 0.316. The van der Waals surface area contributed by atoms with Crippen LogP contribution < -0.4 is 10.2 Å². The van der Waals surface area contributed by atoms with Gasteiger partial charge >= 0.3 is 0 Å². The number of amides is 1. The predicted molar refractivity (Wildman–Crippen MR) is 108 cm³/mol. The number of nitrogens with zero attached hydrogens (tertiary/aromatic N) is 3. The van der Waals surface area contributed by atoms with Crippen molar-refractivity contribution in [1.82, 2.24) is 10.3 Å². The van der Waals surface area contributed by atoms with E-state index in [9.17, 15) is 10.1 Å². The zero-order valence-electron chi connectivity index (χ0n) is 14.9. The first-order chi connectivity index (χ1) is 13.6. The van der Waals surface area contributed by atoms with E-state index in [0.717, 1.165) is 9.35 Å². The number of aromatic nitrogens is 1. The van der Waals surface area contributed by atoms with Crippen LogP contribution in [0.4, 0.5) is 5.88 Å². The normalized spacial score (nSPS) is 14.8. The topological polar surface area (TPSA) is 95.3 Å². The number of anilines is 1. The lowest BCUT2D eigenvalue weighted by Crippen LogP contribution is -2.40. The van der Waals surface area contributed by atoms with Crippen molar-refractivity contribution in [3.63, 3.8) is 0 Å². The predicted octanol–water partition coefficient (Wildman–Crippen LogP) is 4.16. The van der Waals surface area contributed by atoms with Gasteiger partial charge in [0.1, 0.15) is 6.07 Å². The summed E-state index contributed by atoms with van der Waals surface area (Å²) in [6.45, 7) is 1.80. The van der Waals surface area contributed by atoms with Crippen LogP contribution in [0.2, 0.25) is 0 Å². The number of oxazole rings is 1. The van der Waals surface area contributed by atoms with Crippen LogP contribution in [0, 0.1) is 17.2 Å². The third kappa shape index (κ3) is 3.98. The van der Waals surface area contributed by atoms with E-state index < -0.39 is 0 Å². The number of halogens is 1. The maximum Gasteiger partial charge on any atom is 0.266 e. The van der Waals surface area contributed by atoms with Gasteiger partial charge < -0.3 is 19.1 Å². The van der Waals surface area contributed by atoms with Crippen molar-refractivity contribution < 1.29 is 13.6 Å². The molecule has 0 atom stereocenters. The van der Waals surface area contributed by atoms with Gasteiger partial charge in [0.2, 0.25) is 17.5 Å². The van der Waals surface area contributed by atoms with E-state index in [-0.39, 0.29) is 17.5 Å². The van der Waals surface area contributed by atoms with Gasteiger partial charge in [-0.15, -0.1) is 11.3 Å². The first-order valence-electron chi connectivity index (χ1n) is 8.84. The maximum absolute atomic E-state index is 12.5. The number of rotatable bonds is 5. The minimum absolute atomic E-state index is 0.0438. The van der Waals surface area contributed by atoms with Crippen LogP contribution in [-0.4, -0.2) is 24.0 Å². The summed E-state index contributed by atoms with van der Waals surface area (Å²) in [7, 11) is 0. The molecule has 3 aromatic heterocycles. The van der Waals surface area contributed by atoms with Crippen molar-refractivity contribution in [2.24, 2.45) is 5.92 Å². The summed E-state index contributed by atoms with van der Waals surface area (Å²) in [5, 5.41) is 14.4. The molecular formula is C19H17BrN4O3S. The van der Waals surface area contributed by atoms with E-state index in [1.165, 1.54) is 6.26 Å². The Morgan fingerprint density at radius 1 is 1.46 bits per heavy atom. The Kier molecular flexibility index (Phi) is 5.50. The first kappa shape index (κ1) is 18.8. The molecular weight excluding hydrogens is 444 g/mol. The molecule has 0 aliphatic carbocycles. The van der Waals surface area contributed by atoms with Crippen molar-refractivity contribution in [3.05, 3.63) is 44.9 Å². The van der Waals surface area contributed by atoms with E-state index in [4.69, 9.17) is 8.83 Å². The molecule has 7 nitrogen and oxygen atoms in total. The van der Waals surface area contributed by atoms with Crippen molar-refractivity contribution in [3.8, 4) is 17.7 Å². The van der Waals surface area contributed by atoms with Gasteiger partial charge in [0, 0.05) is 33.7 Å². The number of carbonyl (C=O) groups excluding carboxylic acids is 1. The molecule has 0 aromatic carbocycles. The van der Waals surface area contributed by atoms with Crippen LogP contribution in [0.1, 0.15) is 23.4 Å². The molecule has 144 valence electrons. The third-order valence-corrected chi connectivity index (χ3v) is 6.36. The number of hydrogen-bond acceptors (Lipinski definition) is 7. The van der Waals surface area contributed by atoms with Gasteiger partial charge in [0.25, 0.3) is 5.89 Å². The molecule has 1 N–H and O–H groups in total. The third-order valence-electron chi connectivity index (χ3n) is 4.66. The molecule has 1 fully saturated rings. The van der Waals surface area contributed by atoms with Crippen molar-refractivity contribution in [2.75, 3.05) is 18.0 Å². The number of carbonyl (C=O) groups is 1. The number of furan rings is 1. The van der Waals surface area contributed by atoms with Crippen molar-refractivity contribution in [1.29, 1.82) is 5.26 Å². The monoisotopic (exact) mass is 460 g/mol.